The molecule has 4 nitrogen and oxygen atoms in total. The number of benzene rings is 2. The molecule has 180 valence electrons. The van der Waals surface area contributed by atoms with E-state index in [-0.39, 0.29) is 11.5 Å². The first kappa shape index (κ1) is 28.0. The van der Waals surface area contributed by atoms with Crippen LogP contribution in [0.25, 0.3) is 21.8 Å². The summed E-state index contributed by atoms with van der Waals surface area (Å²) < 4.78 is 0.945. The second kappa shape index (κ2) is 14.9. The van der Waals surface area contributed by atoms with Gasteiger partial charge in [0.1, 0.15) is 11.5 Å². The number of phenols is 2. The third kappa shape index (κ3) is 8.80. The molecule has 0 atom stereocenters. The summed E-state index contributed by atoms with van der Waals surface area (Å²) in [6.07, 6.45) is 17.0. The fourth-order valence-electron chi connectivity index (χ4n) is 4.41. The van der Waals surface area contributed by atoms with Gasteiger partial charge < -0.3 is 16.6 Å². The van der Waals surface area contributed by atoms with Gasteiger partial charge in [-0.05, 0) is 76.7 Å². The van der Waals surface area contributed by atoms with Crippen molar-refractivity contribution in [3.05, 3.63) is 77.4 Å². The molecule has 35 heavy (non-hydrogen) atoms. The van der Waals surface area contributed by atoms with Crippen molar-refractivity contribution in [3.8, 4) is 11.5 Å². The number of nitrogens with zero attached hydrogens (tertiary/aromatic N) is 2. The Morgan fingerprint density at radius 3 is 1.83 bits per heavy atom. The van der Waals surface area contributed by atoms with E-state index in [2.05, 4.69) is 52.0 Å². The predicted molar refractivity (Wildman–Crippen MR) is 147 cm³/mol. The zero-order chi connectivity index (χ0) is 25.0. The van der Waals surface area contributed by atoms with E-state index < -0.39 is 0 Å². The topological polar surface area (TPSA) is 66.2 Å². The van der Waals surface area contributed by atoms with Crippen LogP contribution in [0, 0.1) is 6.42 Å². The summed E-state index contributed by atoms with van der Waals surface area (Å²) in [5.74, 6) is 1.23. The fraction of sp³-hybridized carbons (Fsp3) is 0.321. The number of phenolic OH excluding ortho intramolecular Hbond substituents is 2. The molecule has 2 N–H and O–H groups in total. The van der Waals surface area contributed by atoms with Gasteiger partial charge in [0.2, 0.25) is 0 Å². The number of aromatic hydroxyl groups is 2. The van der Waals surface area contributed by atoms with Crippen molar-refractivity contribution in [3.63, 3.8) is 0 Å². The first-order valence-electron chi connectivity index (χ1n) is 12.0. The van der Waals surface area contributed by atoms with E-state index in [0.717, 1.165) is 26.3 Å². The molecule has 4 aromatic rings. The Morgan fingerprint density at radius 2 is 1.29 bits per heavy atom. The van der Waals surface area contributed by atoms with Crippen LogP contribution < -0.4 is 0 Å². The van der Waals surface area contributed by atoms with Crippen LogP contribution in [0.1, 0.15) is 62.8 Å². The van der Waals surface area contributed by atoms with Gasteiger partial charge in [-0.2, -0.15) is 12.8 Å². The van der Waals surface area contributed by atoms with Crippen molar-refractivity contribution >= 4 is 51.4 Å². The minimum absolute atomic E-state index is 0.248. The molecule has 2 heterocycles. The third-order valence-corrected chi connectivity index (χ3v) is 6.65. The molecule has 2 aromatic carbocycles. The Hall–Kier alpha value is -1.56. The molecule has 2 aliphatic rings. The van der Waals surface area contributed by atoms with Gasteiger partial charge in [-0.15, -0.1) is 0 Å². The fourth-order valence-corrected chi connectivity index (χ4v) is 4.76. The van der Waals surface area contributed by atoms with Gasteiger partial charge >= 0.3 is 30.0 Å². The van der Waals surface area contributed by atoms with Crippen LogP contribution in [0.5, 0.6) is 11.5 Å². The summed E-state index contributed by atoms with van der Waals surface area (Å²) >= 11 is 7.58. The van der Waals surface area contributed by atoms with Crippen molar-refractivity contribution in [2.45, 2.75) is 57.3 Å². The average Bonchev–Trinajstić information content (AvgIpc) is 3.63. The molecule has 0 amide bonds. The molecule has 0 aliphatic heterocycles. The molecule has 0 spiro atoms. The summed E-state index contributed by atoms with van der Waals surface area (Å²) in [5.41, 5.74) is 3.04. The Balaban J connectivity index is 0.000000158. The van der Waals surface area contributed by atoms with Crippen LogP contribution in [-0.4, -0.2) is 20.2 Å². The zero-order valence-corrected chi connectivity index (χ0v) is 26.0. The molecular formula is C28H30Br2N2O2Zn. The number of hydrogen-bond acceptors (Lipinski definition) is 4. The molecule has 7 heteroatoms. The van der Waals surface area contributed by atoms with E-state index in [0.29, 0.717) is 5.92 Å². The van der Waals surface area contributed by atoms with Crippen LogP contribution in [0.4, 0.5) is 0 Å². The van der Waals surface area contributed by atoms with Gasteiger partial charge in [0.25, 0.3) is 0 Å². The number of halogens is 2. The van der Waals surface area contributed by atoms with E-state index >= 15 is 0 Å². The number of rotatable bonds is 1. The third-order valence-electron chi connectivity index (χ3n) is 6.22. The van der Waals surface area contributed by atoms with Crippen LogP contribution in [0.15, 0.2) is 65.4 Å². The van der Waals surface area contributed by atoms with E-state index in [1.165, 1.54) is 73.3 Å². The molecule has 0 unspecified atom stereocenters. The van der Waals surface area contributed by atoms with Crippen LogP contribution in [0.3, 0.4) is 0 Å². The number of fused-ring (bicyclic) bond motifs is 2. The van der Waals surface area contributed by atoms with Crippen molar-refractivity contribution in [2.24, 2.45) is 0 Å². The second-order valence-corrected chi connectivity index (χ2v) is 9.65. The predicted octanol–water partition coefficient (Wildman–Crippen LogP) is 8.91. The Morgan fingerprint density at radius 1 is 0.743 bits per heavy atom. The Kier molecular flexibility index (Phi) is 11.9. The van der Waals surface area contributed by atoms with Gasteiger partial charge in [0, 0.05) is 39.8 Å². The first-order valence-corrected chi connectivity index (χ1v) is 19.7. The normalized spacial score (nSPS) is 15.0. The number of hydrogen-bond donors (Lipinski definition) is 2. The molecular weight excluding hydrogens is 622 g/mol. The maximum absolute atomic E-state index is 9.37. The Bertz CT molecular complexity index is 1160. The van der Waals surface area contributed by atoms with Crippen molar-refractivity contribution < 1.29 is 26.6 Å². The first-order chi connectivity index (χ1) is 17.1. The van der Waals surface area contributed by atoms with Gasteiger partial charge in [-0.1, -0.05) is 25.7 Å². The molecule has 0 radical (unpaired) electrons. The van der Waals surface area contributed by atoms with E-state index in [9.17, 15) is 5.11 Å². The number of pyridine rings is 2. The van der Waals surface area contributed by atoms with E-state index in [4.69, 9.17) is 5.11 Å². The molecule has 2 saturated carbocycles. The summed E-state index contributed by atoms with van der Waals surface area (Å²) in [6, 6.07) is 14.7. The molecule has 2 aliphatic carbocycles. The maximum atomic E-state index is 9.37. The van der Waals surface area contributed by atoms with Crippen molar-refractivity contribution in [2.75, 3.05) is 0 Å². The molecule has 0 bridgehead atoms. The summed E-state index contributed by atoms with van der Waals surface area (Å²) in [5, 5.41) is 20.7. The average molecular weight is 652 g/mol. The summed E-state index contributed by atoms with van der Waals surface area (Å²) in [7, 11) is 0. The van der Waals surface area contributed by atoms with Crippen LogP contribution in [0.2, 0.25) is 0 Å². The quantitative estimate of drug-likeness (QED) is 0.159. The van der Waals surface area contributed by atoms with Crippen molar-refractivity contribution in [1.29, 1.82) is 0 Å². The SMILES string of the molecule is Oc1ccc2cc(Br)cnc2c1.Oc1ccc2cc(C3CCCC3)cnc2c1.[CH-]1CCCC1.[Zn+][Br]. The van der Waals surface area contributed by atoms with E-state index in [1.807, 2.05) is 24.4 Å². The number of aromatic nitrogens is 2. The van der Waals surface area contributed by atoms with Crippen molar-refractivity contribution in [1.82, 2.24) is 9.97 Å². The molecule has 6 rings (SSSR count). The van der Waals surface area contributed by atoms with Crippen LogP contribution >= 0.6 is 29.6 Å². The monoisotopic (exact) mass is 648 g/mol. The molecule has 2 aromatic heterocycles. The molecule has 2 fully saturated rings. The van der Waals surface area contributed by atoms with Gasteiger partial charge in [-0.3, -0.25) is 9.97 Å². The summed E-state index contributed by atoms with van der Waals surface area (Å²) in [4.78, 5) is 8.56. The standard InChI is InChI=1S/C14H15NO.C9H6BrNO.C5H9.BrH.Zn/c16-13-6-5-11-7-12(9-15-14(11)8-13)10-3-1-2-4-10;10-7-3-6-1-2-8(12)4-9(6)11-5-7;1-2-4-5-3-1;;/h5-10,16H,1-4H2;1-5,12H;1H,2-5H2;1H;/q;;-1;;+2/p-1. The van der Waals surface area contributed by atoms with Gasteiger partial charge in [-0.25, -0.2) is 0 Å². The van der Waals surface area contributed by atoms with Gasteiger partial charge in [0.15, 0.2) is 0 Å². The van der Waals surface area contributed by atoms with Gasteiger partial charge in [0.05, 0.1) is 11.0 Å². The van der Waals surface area contributed by atoms with E-state index in [1.54, 1.807) is 30.5 Å². The van der Waals surface area contributed by atoms with Crippen LogP contribution in [-0.2, 0) is 16.3 Å². The molecule has 0 saturated heterocycles. The summed E-state index contributed by atoms with van der Waals surface area (Å²) in [6.45, 7) is 0. The second-order valence-electron chi connectivity index (χ2n) is 8.73. The zero-order valence-electron chi connectivity index (χ0n) is 19.8. The minimum atomic E-state index is 0.248. The Labute approximate surface area is 232 Å².